The number of nitrogens with zero attached hydrogens (tertiary/aromatic N) is 2. The number of carboxylic acids is 1. The molecule has 10 nitrogen and oxygen atoms in total. The maximum Gasteiger partial charge on any atom is 0.333 e. The number of anilines is 1. The molecule has 2 unspecified atom stereocenters. The van der Waals surface area contributed by atoms with Crippen LogP contribution >= 0.6 is 23.2 Å². The van der Waals surface area contributed by atoms with Crippen LogP contribution in [-0.2, 0) is 16.0 Å². The molecule has 262 valence electrons. The number of piperidine rings is 3. The zero-order chi connectivity index (χ0) is 35.5. The summed E-state index contributed by atoms with van der Waals surface area (Å²) in [5.74, 6) is -2.13. The maximum absolute atomic E-state index is 14.5. The van der Waals surface area contributed by atoms with E-state index in [2.05, 4.69) is 10.2 Å². The molecule has 3 saturated heterocycles. The summed E-state index contributed by atoms with van der Waals surface area (Å²) < 4.78 is 32.3. The van der Waals surface area contributed by atoms with Gasteiger partial charge in [-0.2, -0.15) is 0 Å². The van der Waals surface area contributed by atoms with E-state index < -0.39 is 29.7 Å². The van der Waals surface area contributed by atoms with Crippen molar-refractivity contribution in [1.82, 2.24) is 4.90 Å². The van der Waals surface area contributed by atoms with Gasteiger partial charge in [0.2, 0.25) is 12.4 Å². The number of pyridine rings is 1. The van der Waals surface area contributed by atoms with E-state index in [0.29, 0.717) is 46.0 Å². The lowest BCUT2D eigenvalue weighted by molar-refractivity contribution is -0.904. The standard InChI is InChI=1S/C37H36Cl2FN3O7/c1-48-32-9-6-22(15-33(32)49-2)27(17-29-30(38)18-43(47)19-31(29)39)28-16-25(7-8-26(28)36(44)45)41-35(23-4-3-5-24(40)14-23)37(46)50-34-20-42-12-10-21(34)11-13-42/h3-9,14-16,18-19,21,27,34-35,41H,10-13,17,20H2,1-2H3,(H-,44,45,47)/t27?,34-,35?/m0/s1. The summed E-state index contributed by atoms with van der Waals surface area (Å²) in [6, 6.07) is 14.3. The Balaban J connectivity index is 1.43. The number of methoxy groups -OCH3 is 2. The molecule has 3 aromatic carbocycles. The number of hydrogen-bond donors (Lipinski definition) is 2. The number of hydrogen-bond acceptors (Lipinski definition) is 9. The van der Waals surface area contributed by atoms with Crippen molar-refractivity contribution in [2.75, 3.05) is 39.2 Å². The van der Waals surface area contributed by atoms with Crippen LogP contribution in [0.5, 0.6) is 11.5 Å². The third-order valence-electron chi connectivity index (χ3n) is 9.53. The topological polar surface area (TPSA) is 124 Å². The first kappa shape index (κ1) is 35.3. The number of carbonyl (C=O) groups excluding carboxylic acids is 2. The van der Waals surface area contributed by atoms with Crippen molar-refractivity contribution < 1.29 is 43.2 Å². The zero-order valence-corrected chi connectivity index (χ0v) is 28.9. The second kappa shape index (κ2) is 15.1. The highest BCUT2D eigenvalue weighted by Crippen LogP contribution is 2.40. The van der Waals surface area contributed by atoms with Crippen molar-refractivity contribution in [2.45, 2.75) is 37.3 Å². The summed E-state index contributed by atoms with van der Waals surface area (Å²) in [6.07, 6.45) is 4.23. The Kier molecular flexibility index (Phi) is 10.7. The van der Waals surface area contributed by atoms with Crippen LogP contribution in [0.15, 0.2) is 73.1 Å². The highest BCUT2D eigenvalue weighted by atomic mass is 35.5. The molecule has 3 atom stereocenters. The van der Waals surface area contributed by atoms with E-state index in [-0.39, 0.29) is 34.1 Å². The van der Waals surface area contributed by atoms with Crippen LogP contribution in [0.25, 0.3) is 0 Å². The van der Waals surface area contributed by atoms with E-state index in [9.17, 15) is 24.3 Å². The van der Waals surface area contributed by atoms with Gasteiger partial charge in [-0.3, -0.25) is 10.1 Å². The molecule has 3 aliphatic heterocycles. The highest BCUT2D eigenvalue weighted by Gasteiger charge is 2.38. The molecule has 0 aliphatic carbocycles. The molecular formula is C37H36Cl2FN3O7. The van der Waals surface area contributed by atoms with Crippen molar-refractivity contribution >= 4 is 40.8 Å². The number of halogens is 3. The summed E-state index contributed by atoms with van der Waals surface area (Å²) in [5, 5.41) is 26.1. The molecule has 3 fully saturated rings. The van der Waals surface area contributed by atoms with Gasteiger partial charge in [0.1, 0.15) is 22.0 Å². The minimum Gasteiger partial charge on any atom is -0.545 e. The third-order valence-corrected chi connectivity index (χ3v) is 10.2. The first-order chi connectivity index (χ1) is 24.0. The predicted molar refractivity (Wildman–Crippen MR) is 182 cm³/mol. The Morgan fingerprint density at radius 2 is 1.72 bits per heavy atom. The van der Waals surface area contributed by atoms with Gasteiger partial charge >= 0.3 is 5.97 Å². The Hall–Kier alpha value is -4.58. The molecule has 0 spiro atoms. The number of nitrogens with one attached hydrogen (secondary N) is 1. The second-order valence-electron chi connectivity index (χ2n) is 12.5. The van der Waals surface area contributed by atoms with Crippen LogP contribution in [0.1, 0.15) is 57.4 Å². The van der Waals surface area contributed by atoms with Crippen molar-refractivity contribution in [1.29, 1.82) is 0 Å². The zero-order valence-electron chi connectivity index (χ0n) is 27.4. The van der Waals surface area contributed by atoms with Crippen LogP contribution < -0.4 is 24.6 Å². The van der Waals surface area contributed by atoms with Gasteiger partial charge in [0, 0.05) is 34.0 Å². The number of esters is 1. The first-order valence-corrected chi connectivity index (χ1v) is 16.9. The normalized spacial score (nSPS) is 19.3. The lowest BCUT2D eigenvalue weighted by Gasteiger charge is -2.44. The SMILES string of the molecule is COc1ccc(C(Cc2c(Cl)c[n+](O)cc2Cl)c2cc(NC(C(=O)O[C@H]3CN4CCC3CC4)c3cccc(F)c3)ccc2C(=O)[O-])cc1OC. The number of benzene rings is 3. The fourth-order valence-corrected chi connectivity index (χ4v) is 7.54. The number of carboxylic acid groups (broad SMARTS) is 1. The number of carbonyl (C=O) groups is 2. The number of fused-ring (bicyclic) bond motifs is 3. The maximum atomic E-state index is 14.5. The Bertz CT molecular complexity index is 1880. The Morgan fingerprint density at radius 1 is 1.00 bits per heavy atom. The van der Waals surface area contributed by atoms with Gasteiger partial charge in [-0.1, -0.05) is 47.5 Å². The van der Waals surface area contributed by atoms with Gasteiger partial charge in [-0.25, -0.2) is 9.18 Å². The lowest BCUT2D eigenvalue weighted by Crippen LogP contribution is -2.52. The largest absolute Gasteiger partial charge is 0.545 e. The van der Waals surface area contributed by atoms with E-state index >= 15 is 0 Å². The quantitative estimate of drug-likeness (QED) is 0.115. The molecule has 0 amide bonds. The lowest BCUT2D eigenvalue weighted by atomic mass is 9.83. The van der Waals surface area contributed by atoms with Gasteiger partial charge in [-0.15, -0.1) is 0 Å². The predicted octanol–water partition coefficient (Wildman–Crippen LogP) is 5.20. The van der Waals surface area contributed by atoms with Gasteiger partial charge < -0.3 is 29.4 Å². The number of ether oxygens (including phenoxy) is 3. The molecule has 1 aromatic heterocycles. The van der Waals surface area contributed by atoms with Crippen molar-refractivity contribution in [3.63, 3.8) is 0 Å². The van der Waals surface area contributed by atoms with Crippen molar-refractivity contribution in [3.05, 3.63) is 117 Å². The van der Waals surface area contributed by atoms with Gasteiger partial charge in [0.05, 0.1) is 20.2 Å². The molecule has 7 rings (SSSR count). The van der Waals surface area contributed by atoms with Crippen LogP contribution in [0, 0.1) is 11.7 Å². The fourth-order valence-electron chi connectivity index (χ4n) is 6.93. The molecule has 4 heterocycles. The van der Waals surface area contributed by atoms with E-state index in [1.165, 1.54) is 56.9 Å². The van der Waals surface area contributed by atoms with Crippen molar-refractivity contribution in [3.8, 4) is 11.5 Å². The monoisotopic (exact) mass is 723 g/mol. The van der Waals surface area contributed by atoms with Gasteiger partial charge in [-0.05, 0) is 91.4 Å². The number of aromatic nitrogens is 1. The van der Waals surface area contributed by atoms with Crippen LogP contribution in [0.2, 0.25) is 10.0 Å². The first-order valence-electron chi connectivity index (χ1n) is 16.1. The minimum absolute atomic E-state index is 0.0899. The average Bonchev–Trinajstić information content (AvgIpc) is 3.10. The molecule has 50 heavy (non-hydrogen) atoms. The van der Waals surface area contributed by atoms with Crippen LogP contribution in [0.3, 0.4) is 0 Å². The second-order valence-corrected chi connectivity index (χ2v) is 13.3. The molecule has 0 radical (unpaired) electrons. The summed E-state index contributed by atoms with van der Waals surface area (Å²) in [6.45, 7) is 2.58. The molecular weight excluding hydrogens is 688 g/mol. The minimum atomic E-state index is -1.43. The van der Waals surface area contributed by atoms with E-state index in [4.69, 9.17) is 37.4 Å². The van der Waals surface area contributed by atoms with E-state index in [1.807, 2.05) is 0 Å². The van der Waals surface area contributed by atoms with Gasteiger partial charge in [0.25, 0.3) is 0 Å². The van der Waals surface area contributed by atoms with E-state index in [0.717, 1.165) is 30.7 Å². The molecule has 4 aromatic rings. The smallest absolute Gasteiger partial charge is 0.333 e. The molecule has 3 aliphatic rings. The van der Waals surface area contributed by atoms with Crippen LogP contribution in [0.4, 0.5) is 10.1 Å². The van der Waals surface area contributed by atoms with E-state index in [1.54, 1.807) is 30.3 Å². The van der Waals surface area contributed by atoms with Crippen molar-refractivity contribution in [2.24, 2.45) is 5.92 Å². The average molecular weight is 725 g/mol. The summed E-state index contributed by atoms with van der Waals surface area (Å²) in [5.41, 5.74) is 1.97. The summed E-state index contributed by atoms with van der Waals surface area (Å²) in [4.78, 5) is 28.8. The highest BCUT2D eigenvalue weighted by molar-refractivity contribution is 6.35. The molecule has 2 N–H and O–H groups in total. The fraction of sp³-hybridized carbons (Fsp3) is 0.324. The third kappa shape index (κ3) is 7.60. The number of aromatic carboxylic acids is 1. The Labute approximate surface area is 298 Å². The molecule has 2 bridgehead atoms. The molecule has 13 heteroatoms. The summed E-state index contributed by atoms with van der Waals surface area (Å²) in [7, 11) is 2.99. The molecule has 0 saturated carbocycles. The van der Waals surface area contributed by atoms with Crippen LogP contribution in [-0.4, -0.2) is 62.0 Å². The number of rotatable bonds is 12. The Morgan fingerprint density at radius 3 is 2.34 bits per heavy atom. The summed E-state index contributed by atoms with van der Waals surface area (Å²) >= 11 is 13.1. The van der Waals surface area contributed by atoms with Gasteiger partial charge in [0.15, 0.2) is 17.5 Å².